The lowest BCUT2D eigenvalue weighted by Gasteiger charge is -2.29. The molecule has 4 nitrogen and oxygen atoms in total. The molecule has 1 fully saturated rings. The Morgan fingerprint density at radius 1 is 1.56 bits per heavy atom. The Morgan fingerprint density at radius 3 is 3.11 bits per heavy atom. The molecule has 0 amide bonds. The first-order valence-corrected chi connectivity index (χ1v) is 8.47. The molecule has 0 saturated heterocycles. The van der Waals surface area contributed by atoms with Crippen LogP contribution in [0.3, 0.4) is 0 Å². The van der Waals surface area contributed by atoms with Crippen molar-refractivity contribution in [3.05, 3.63) is 17.0 Å². The normalized spacial score (nSPS) is 25.7. The van der Waals surface area contributed by atoms with Gasteiger partial charge in [-0.25, -0.2) is 9.97 Å². The van der Waals surface area contributed by atoms with Gasteiger partial charge in [-0.2, -0.15) is 0 Å². The van der Waals surface area contributed by atoms with E-state index in [0.717, 1.165) is 41.7 Å². The predicted molar refractivity (Wildman–Crippen MR) is 78.1 cm³/mol. The maximum absolute atomic E-state index is 11.9. The van der Waals surface area contributed by atoms with Crippen molar-refractivity contribution in [3.63, 3.8) is 0 Å². The molecule has 18 heavy (non-hydrogen) atoms. The minimum atomic E-state index is -0.682. The lowest BCUT2D eigenvalue weighted by Crippen LogP contribution is -2.33. The summed E-state index contributed by atoms with van der Waals surface area (Å²) in [7, 11) is -0.682. The summed E-state index contributed by atoms with van der Waals surface area (Å²) >= 11 is 3.43. The van der Waals surface area contributed by atoms with Crippen LogP contribution < -0.4 is 5.32 Å². The van der Waals surface area contributed by atoms with Gasteiger partial charge >= 0.3 is 0 Å². The molecule has 1 aromatic heterocycles. The molecule has 1 aromatic rings. The second-order valence-corrected chi connectivity index (χ2v) is 7.38. The highest BCUT2D eigenvalue weighted by Crippen LogP contribution is 2.27. The van der Waals surface area contributed by atoms with E-state index < -0.39 is 10.8 Å². The fraction of sp³-hybridized carbons (Fsp3) is 0.667. The Bertz CT molecular complexity index is 430. The number of nitrogens with zero attached hydrogens (tertiary/aromatic N) is 2. The van der Waals surface area contributed by atoms with Crippen molar-refractivity contribution in [2.75, 3.05) is 11.1 Å². The number of rotatable bonds is 4. The quantitative estimate of drug-likeness (QED) is 0.921. The lowest BCUT2D eigenvalue weighted by molar-refractivity contribution is 0.464. The smallest absolute Gasteiger partial charge is 0.143 e. The van der Waals surface area contributed by atoms with E-state index >= 15 is 0 Å². The summed E-state index contributed by atoms with van der Waals surface area (Å²) < 4.78 is 12.8. The van der Waals surface area contributed by atoms with Crippen molar-refractivity contribution in [3.8, 4) is 0 Å². The summed E-state index contributed by atoms with van der Waals surface area (Å²) in [6, 6.07) is 0.366. The second-order valence-electron chi connectivity index (χ2n) is 4.52. The highest BCUT2D eigenvalue weighted by atomic mass is 79.9. The largest absolute Gasteiger partial charge is 0.366 e. The van der Waals surface area contributed by atoms with Crippen molar-refractivity contribution in [1.82, 2.24) is 9.97 Å². The molecule has 0 bridgehead atoms. The Hall–Kier alpha value is -0.490. The van der Waals surface area contributed by atoms with Gasteiger partial charge in [0, 0.05) is 34.0 Å². The summed E-state index contributed by atoms with van der Waals surface area (Å²) in [6.45, 7) is 1.99. The summed E-state index contributed by atoms with van der Waals surface area (Å²) in [4.78, 5) is 8.17. The van der Waals surface area contributed by atoms with Crippen LogP contribution in [0.25, 0.3) is 0 Å². The third kappa shape index (κ3) is 3.51. The predicted octanol–water partition coefficient (Wildman–Crippen LogP) is 2.73. The van der Waals surface area contributed by atoms with E-state index in [9.17, 15) is 4.21 Å². The average Bonchev–Trinajstić information content (AvgIpc) is 2.41. The van der Waals surface area contributed by atoms with E-state index in [1.807, 2.05) is 6.92 Å². The highest BCUT2D eigenvalue weighted by molar-refractivity contribution is 9.10. The molecule has 6 heteroatoms. The van der Waals surface area contributed by atoms with Gasteiger partial charge in [0.25, 0.3) is 0 Å². The van der Waals surface area contributed by atoms with Crippen molar-refractivity contribution >= 4 is 32.5 Å². The Kier molecular flexibility index (Phi) is 5.12. The van der Waals surface area contributed by atoms with Gasteiger partial charge in [0.05, 0.1) is 4.47 Å². The molecule has 100 valence electrons. The maximum Gasteiger partial charge on any atom is 0.143 e. The van der Waals surface area contributed by atoms with Gasteiger partial charge in [-0.05, 0) is 35.2 Å². The van der Waals surface area contributed by atoms with Crippen molar-refractivity contribution in [2.24, 2.45) is 0 Å². The van der Waals surface area contributed by atoms with E-state index in [1.54, 1.807) is 6.20 Å². The summed E-state index contributed by atoms with van der Waals surface area (Å²) in [5.41, 5.74) is 0. The standard InChI is InChI=1S/C12H18BrN3OS/c1-2-18(17)10-5-3-4-9(6-10)16-12-11(13)7-14-8-15-12/h7-10H,2-6H2,1H3,(H,14,15,16). The van der Waals surface area contributed by atoms with Crippen LogP contribution in [0.5, 0.6) is 0 Å². The maximum atomic E-state index is 11.9. The van der Waals surface area contributed by atoms with E-state index in [1.165, 1.54) is 6.33 Å². The average molecular weight is 332 g/mol. The minimum absolute atomic E-state index is 0.335. The zero-order valence-electron chi connectivity index (χ0n) is 10.4. The number of aromatic nitrogens is 2. The Morgan fingerprint density at radius 2 is 2.39 bits per heavy atom. The number of hydrogen-bond acceptors (Lipinski definition) is 4. The van der Waals surface area contributed by atoms with Gasteiger partial charge in [0.1, 0.15) is 12.1 Å². The highest BCUT2D eigenvalue weighted by Gasteiger charge is 2.25. The summed E-state index contributed by atoms with van der Waals surface area (Å²) in [5.74, 6) is 1.59. The Balaban J connectivity index is 1.98. The summed E-state index contributed by atoms with van der Waals surface area (Å²) in [6.07, 6.45) is 7.59. The fourth-order valence-corrected chi connectivity index (χ4v) is 4.05. The van der Waals surface area contributed by atoms with Gasteiger partial charge < -0.3 is 5.32 Å². The van der Waals surface area contributed by atoms with Crippen LogP contribution >= 0.6 is 15.9 Å². The molecule has 1 heterocycles. The molecule has 0 aliphatic heterocycles. The molecule has 3 atom stereocenters. The molecule has 0 aromatic carbocycles. The molecule has 1 saturated carbocycles. The molecular weight excluding hydrogens is 314 g/mol. The molecule has 2 rings (SSSR count). The number of nitrogens with one attached hydrogen (secondary N) is 1. The van der Waals surface area contributed by atoms with Crippen LogP contribution in [0, 0.1) is 0 Å². The first-order chi connectivity index (χ1) is 8.70. The van der Waals surface area contributed by atoms with Gasteiger partial charge in [-0.1, -0.05) is 13.3 Å². The van der Waals surface area contributed by atoms with Crippen LogP contribution in [-0.4, -0.2) is 31.2 Å². The second kappa shape index (κ2) is 6.61. The molecule has 0 radical (unpaired) electrons. The van der Waals surface area contributed by atoms with Crippen LogP contribution in [0.1, 0.15) is 32.6 Å². The lowest BCUT2D eigenvalue weighted by atomic mass is 9.95. The van der Waals surface area contributed by atoms with Crippen molar-refractivity contribution in [2.45, 2.75) is 43.9 Å². The molecule has 3 unspecified atom stereocenters. The van der Waals surface area contributed by atoms with Crippen molar-refractivity contribution < 1.29 is 4.21 Å². The minimum Gasteiger partial charge on any atom is -0.366 e. The monoisotopic (exact) mass is 331 g/mol. The van der Waals surface area contributed by atoms with E-state index in [2.05, 4.69) is 31.2 Å². The molecular formula is C12H18BrN3OS. The van der Waals surface area contributed by atoms with E-state index in [0.29, 0.717) is 11.3 Å². The molecule has 0 spiro atoms. The number of anilines is 1. The van der Waals surface area contributed by atoms with Crippen LogP contribution in [0.2, 0.25) is 0 Å². The van der Waals surface area contributed by atoms with E-state index in [-0.39, 0.29) is 0 Å². The van der Waals surface area contributed by atoms with Crippen LogP contribution in [0.4, 0.5) is 5.82 Å². The van der Waals surface area contributed by atoms with Crippen molar-refractivity contribution in [1.29, 1.82) is 0 Å². The third-order valence-corrected chi connectivity index (χ3v) is 5.61. The third-order valence-electron chi connectivity index (χ3n) is 3.29. The number of halogens is 1. The topological polar surface area (TPSA) is 54.9 Å². The van der Waals surface area contributed by atoms with Crippen LogP contribution in [-0.2, 0) is 10.8 Å². The van der Waals surface area contributed by atoms with Gasteiger partial charge in [-0.3, -0.25) is 4.21 Å². The summed E-state index contributed by atoms with van der Waals surface area (Å²) in [5, 5.41) is 3.76. The van der Waals surface area contributed by atoms with Gasteiger partial charge in [0.15, 0.2) is 0 Å². The molecule has 1 N–H and O–H groups in total. The van der Waals surface area contributed by atoms with Crippen LogP contribution in [0.15, 0.2) is 17.0 Å². The molecule has 1 aliphatic rings. The first kappa shape index (κ1) is 13.9. The zero-order chi connectivity index (χ0) is 13.0. The zero-order valence-corrected chi connectivity index (χ0v) is 12.8. The van der Waals surface area contributed by atoms with Gasteiger partial charge in [0.2, 0.25) is 0 Å². The Labute approximate surface area is 119 Å². The van der Waals surface area contributed by atoms with E-state index in [4.69, 9.17) is 0 Å². The SMILES string of the molecule is CCS(=O)C1CCCC(Nc2ncncc2Br)C1. The number of hydrogen-bond donors (Lipinski definition) is 1. The first-order valence-electron chi connectivity index (χ1n) is 6.30. The fourth-order valence-electron chi connectivity index (χ4n) is 2.36. The van der Waals surface area contributed by atoms with Gasteiger partial charge in [-0.15, -0.1) is 0 Å². The molecule has 1 aliphatic carbocycles.